The lowest BCUT2D eigenvalue weighted by atomic mass is 9.78. The van der Waals surface area contributed by atoms with Crippen molar-refractivity contribution >= 4 is 38.5 Å². The van der Waals surface area contributed by atoms with Crippen LogP contribution in [-0.4, -0.2) is 32.1 Å². The molecule has 2 aromatic carbocycles. The number of methoxy groups -OCH3 is 2. The SMILES string of the molecule is CNc1ccc2ccc3c(c2n1)OC(=N)C(C#N)C3c1cc(Br)c(OC)c(OC)c1. The fourth-order valence-corrected chi connectivity index (χ4v) is 4.42. The van der Waals surface area contributed by atoms with Crippen molar-refractivity contribution in [2.75, 3.05) is 26.6 Å². The summed E-state index contributed by atoms with van der Waals surface area (Å²) in [6.45, 7) is 0. The molecule has 0 spiro atoms. The zero-order chi connectivity index (χ0) is 21.4. The lowest BCUT2D eigenvalue weighted by molar-refractivity contribution is 0.352. The third-order valence-corrected chi connectivity index (χ3v) is 5.81. The highest BCUT2D eigenvalue weighted by atomic mass is 79.9. The summed E-state index contributed by atoms with van der Waals surface area (Å²) in [5.41, 5.74) is 2.25. The van der Waals surface area contributed by atoms with Gasteiger partial charge in [0.15, 0.2) is 17.2 Å². The van der Waals surface area contributed by atoms with Crippen LogP contribution in [0.15, 0.2) is 40.9 Å². The van der Waals surface area contributed by atoms with Crippen molar-refractivity contribution in [2.45, 2.75) is 5.92 Å². The molecule has 2 unspecified atom stereocenters. The molecule has 1 aromatic heterocycles. The fraction of sp³-hybridized carbons (Fsp3) is 0.227. The van der Waals surface area contributed by atoms with Crippen molar-refractivity contribution in [2.24, 2.45) is 5.92 Å². The maximum atomic E-state index is 9.85. The number of aromatic nitrogens is 1. The lowest BCUT2D eigenvalue weighted by Crippen LogP contribution is -2.31. The van der Waals surface area contributed by atoms with Crippen LogP contribution in [-0.2, 0) is 0 Å². The molecule has 0 aliphatic carbocycles. The van der Waals surface area contributed by atoms with E-state index in [4.69, 9.17) is 19.6 Å². The average Bonchev–Trinajstić information content (AvgIpc) is 2.77. The predicted octanol–water partition coefficient (Wildman–Crippen LogP) is 4.70. The summed E-state index contributed by atoms with van der Waals surface area (Å²) in [6, 6.07) is 13.7. The number of nitrogens with zero attached hydrogens (tertiary/aromatic N) is 2. The van der Waals surface area contributed by atoms with Crippen molar-refractivity contribution in [3.8, 4) is 23.3 Å². The normalized spacial score (nSPS) is 17.6. The van der Waals surface area contributed by atoms with Gasteiger partial charge in [-0.3, -0.25) is 5.41 Å². The Bertz CT molecular complexity index is 1210. The number of anilines is 1. The van der Waals surface area contributed by atoms with E-state index >= 15 is 0 Å². The van der Waals surface area contributed by atoms with Gasteiger partial charge in [0.05, 0.1) is 24.8 Å². The van der Waals surface area contributed by atoms with Gasteiger partial charge in [-0.25, -0.2) is 4.98 Å². The smallest absolute Gasteiger partial charge is 0.205 e. The number of pyridine rings is 1. The van der Waals surface area contributed by atoms with Crippen LogP contribution in [0.2, 0.25) is 0 Å². The number of hydrogen-bond donors (Lipinski definition) is 2. The molecule has 2 atom stereocenters. The standard InChI is InChI=1S/C22H19BrN4O3/c1-26-17-7-5-11-4-6-13-18(12-8-15(23)21(29-3)16(9-12)28-2)14(10-24)22(25)30-20(13)19(11)27-17/h4-9,14,18,25H,1-3H3,(H,26,27). The number of hydrogen-bond acceptors (Lipinski definition) is 7. The summed E-state index contributed by atoms with van der Waals surface area (Å²) < 4.78 is 17.4. The number of nitriles is 1. The Labute approximate surface area is 182 Å². The van der Waals surface area contributed by atoms with E-state index in [0.717, 1.165) is 16.5 Å². The van der Waals surface area contributed by atoms with Gasteiger partial charge in [0.2, 0.25) is 5.90 Å². The summed E-state index contributed by atoms with van der Waals surface area (Å²) in [5, 5.41) is 22.2. The highest BCUT2D eigenvalue weighted by Gasteiger charge is 2.38. The van der Waals surface area contributed by atoms with Crippen LogP contribution in [0.25, 0.3) is 10.9 Å². The van der Waals surface area contributed by atoms with Crippen molar-refractivity contribution in [1.29, 1.82) is 10.7 Å². The molecule has 0 amide bonds. The van der Waals surface area contributed by atoms with Gasteiger partial charge < -0.3 is 19.5 Å². The number of fused-ring (bicyclic) bond motifs is 3. The van der Waals surface area contributed by atoms with Gasteiger partial charge in [-0.05, 0) is 45.8 Å². The maximum Gasteiger partial charge on any atom is 0.205 e. The lowest BCUT2D eigenvalue weighted by Gasteiger charge is -2.31. The number of ether oxygens (including phenoxy) is 3. The average molecular weight is 467 g/mol. The van der Waals surface area contributed by atoms with Crippen molar-refractivity contribution in [1.82, 2.24) is 4.98 Å². The zero-order valence-corrected chi connectivity index (χ0v) is 18.2. The zero-order valence-electron chi connectivity index (χ0n) is 16.6. The molecule has 2 N–H and O–H groups in total. The van der Waals surface area contributed by atoms with E-state index in [1.807, 2.05) is 36.4 Å². The van der Waals surface area contributed by atoms with E-state index in [1.54, 1.807) is 21.3 Å². The molecule has 0 saturated heterocycles. The first-order chi connectivity index (χ1) is 14.5. The first kappa shape index (κ1) is 20.0. The van der Waals surface area contributed by atoms with Gasteiger partial charge >= 0.3 is 0 Å². The Hall–Kier alpha value is -3.31. The topological polar surface area (TPSA) is 100 Å². The minimum Gasteiger partial charge on any atom is -0.493 e. The highest BCUT2D eigenvalue weighted by Crippen LogP contribution is 2.48. The molecule has 152 valence electrons. The summed E-state index contributed by atoms with van der Waals surface area (Å²) in [7, 11) is 4.92. The van der Waals surface area contributed by atoms with Gasteiger partial charge in [-0.2, -0.15) is 5.26 Å². The first-order valence-corrected chi connectivity index (χ1v) is 10.00. The van der Waals surface area contributed by atoms with Crippen LogP contribution in [0.4, 0.5) is 5.82 Å². The molecule has 4 rings (SSSR count). The summed E-state index contributed by atoms with van der Waals surface area (Å²) in [5.74, 6) is 0.977. The van der Waals surface area contributed by atoms with E-state index in [9.17, 15) is 5.26 Å². The Morgan fingerprint density at radius 3 is 2.63 bits per heavy atom. The van der Waals surface area contributed by atoms with Gasteiger partial charge in [0.25, 0.3) is 0 Å². The number of benzene rings is 2. The predicted molar refractivity (Wildman–Crippen MR) is 118 cm³/mol. The maximum absolute atomic E-state index is 9.85. The van der Waals surface area contributed by atoms with Crippen LogP contribution in [0.1, 0.15) is 17.0 Å². The molecular formula is C22H19BrN4O3. The van der Waals surface area contributed by atoms with Gasteiger partial charge in [-0.15, -0.1) is 0 Å². The summed E-state index contributed by atoms with van der Waals surface area (Å²) in [4.78, 5) is 4.63. The number of halogens is 1. The van der Waals surface area contributed by atoms with Crippen LogP contribution in [0.3, 0.4) is 0 Å². The summed E-state index contributed by atoms with van der Waals surface area (Å²) >= 11 is 3.53. The third-order valence-electron chi connectivity index (χ3n) is 5.22. The van der Waals surface area contributed by atoms with Crippen LogP contribution in [0, 0.1) is 22.7 Å². The molecular weight excluding hydrogens is 448 g/mol. The van der Waals surface area contributed by atoms with Crippen molar-refractivity contribution in [3.05, 3.63) is 52.0 Å². The Morgan fingerprint density at radius 2 is 1.97 bits per heavy atom. The molecule has 0 radical (unpaired) electrons. The molecule has 0 fully saturated rings. The Morgan fingerprint density at radius 1 is 1.20 bits per heavy atom. The monoisotopic (exact) mass is 466 g/mol. The fourth-order valence-electron chi connectivity index (χ4n) is 3.80. The molecule has 1 aliphatic rings. The molecule has 2 heterocycles. The first-order valence-electron chi connectivity index (χ1n) is 9.21. The second kappa shape index (κ2) is 7.84. The van der Waals surface area contributed by atoms with Gasteiger partial charge in [-0.1, -0.05) is 12.1 Å². The Kier molecular flexibility index (Phi) is 5.22. The largest absolute Gasteiger partial charge is 0.493 e. The van der Waals surface area contributed by atoms with Crippen molar-refractivity contribution < 1.29 is 14.2 Å². The summed E-state index contributed by atoms with van der Waals surface area (Å²) in [6.07, 6.45) is 0. The van der Waals surface area contributed by atoms with Crippen LogP contribution < -0.4 is 19.5 Å². The van der Waals surface area contributed by atoms with Crippen molar-refractivity contribution in [3.63, 3.8) is 0 Å². The molecule has 7 nitrogen and oxygen atoms in total. The molecule has 0 bridgehead atoms. The number of nitrogens with one attached hydrogen (secondary N) is 2. The van der Waals surface area contributed by atoms with E-state index in [-0.39, 0.29) is 5.90 Å². The highest BCUT2D eigenvalue weighted by molar-refractivity contribution is 9.10. The molecule has 3 aromatic rings. The van der Waals surface area contributed by atoms with E-state index < -0.39 is 11.8 Å². The molecule has 8 heteroatoms. The number of rotatable bonds is 4. The van der Waals surface area contributed by atoms with Gasteiger partial charge in [0.1, 0.15) is 17.3 Å². The third kappa shape index (κ3) is 3.12. The molecule has 0 saturated carbocycles. The molecule has 1 aliphatic heterocycles. The molecule has 30 heavy (non-hydrogen) atoms. The van der Waals surface area contributed by atoms with E-state index in [2.05, 4.69) is 32.3 Å². The van der Waals surface area contributed by atoms with Crippen LogP contribution in [0.5, 0.6) is 17.2 Å². The quantitative estimate of drug-likeness (QED) is 0.577. The minimum absolute atomic E-state index is 0.106. The minimum atomic E-state index is -0.785. The van der Waals surface area contributed by atoms with E-state index in [1.165, 1.54) is 0 Å². The van der Waals surface area contributed by atoms with Crippen LogP contribution >= 0.6 is 15.9 Å². The van der Waals surface area contributed by atoms with Gasteiger partial charge in [0, 0.05) is 23.9 Å². The second-order valence-corrected chi connectivity index (χ2v) is 7.65. The van der Waals surface area contributed by atoms with E-state index in [0.29, 0.717) is 33.1 Å². The Balaban J connectivity index is 1.99. The second-order valence-electron chi connectivity index (χ2n) is 6.79.